The molecule has 7 nitrogen and oxygen atoms in total. The van der Waals surface area contributed by atoms with E-state index in [1.165, 1.54) is 4.52 Å². The van der Waals surface area contributed by atoms with E-state index in [2.05, 4.69) is 10.1 Å². The lowest BCUT2D eigenvalue weighted by Gasteiger charge is -2.00. The van der Waals surface area contributed by atoms with E-state index < -0.39 is 5.56 Å². The lowest BCUT2D eigenvalue weighted by atomic mass is 10.1. The molecule has 0 saturated carbocycles. The highest BCUT2D eigenvalue weighted by molar-refractivity contribution is 7.15. The molecule has 0 N–H and O–H groups in total. The van der Waals surface area contributed by atoms with Gasteiger partial charge < -0.3 is 0 Å². The number of nitrogens with zero attached hydrogens (tertiary/aromatic N) is 5. The Bertz CT molecular complexity index is 1900. The third-order valence-corrected chi connectivity index (χ3v) is 7.04. The molecule has 0 radical (unpaired) electrons. The molecular weight excluding hydrogens is 506 g/mol. The molecule has 0 amide bonds. The maximum atomic E-state index is 13.3. The molecule has 0 fully saturated rings. The summed E-state index contributed by atoms with van der Waals surface area (Å²) in [6.07, 6.45) is 3.93. The number of benzene rings is 3. The summed E-state index contributed by atoms with van der Waals surface area (Å²) in [5, 5.41) is 9.77. The predicted molar refractivity (Wildman–Crippen MR) is 145 cm³/mol. The molecule has 3 aromatic heterocycles. The van der Waals surface area contributed by atoms with E-state index in [-0.39, 0.29) is 16.2 Å². The van der Waals surface area contributed by atoms with Gasteiger partial charge in [-0.05, 0) is 35.9 Å². The van der Waals surface area contributed by atoms with Crippen LogP contribution in [0.25, 0.3) is 28.0 Å². The van der Waals surface area contributed by atoms with Gasteiger partial charge in [0.2, 0.25) is 4.96 Å². The number of para-hydroxylation sites is 1. The Morgan fingerprint density at radius 2 is 1.57 bits per heavy atom. The highest BCUT2D eigenvalue weighted by Crippen LogP contribution is 2.26. The smallest absolute Gasteiger partial charge is 0.266 e. The standard InChI is InChI=1S/C28H18ClN5O2S/c29-21-13-11-19(12-14-21)25-20(17-33(32-25)22-9-5-2-6-10-22)16-24-27(36)34-28(37-24)30-26(35)23(31-34)15-18-7-3-1-4-8-18/h1-14,16-17H,15H2/b24-16-. The van der Waals surface area contributed by atoms with E-state index in [9.17, 15) is 9.59 Å². The fourth-order valence-corrected chi connectivity index (χ4v) is 5.04. The van der Waals surface area contributed by atoms with Crippen molar-refractivity contribution >= 4 is 34.0 Å². The Balaban J connectivity index is 1.49. The minimum absolute atomic E-state index is 0.226. The summed E-state index contributed by atoms with van der Waals surface area (Å²) >= 11 is 7.22. The highest BCUT2D eigenvalue weighted by Gasteiger charge is 2.15. The van der Waals surface area contributed by atoms with Crippen LogP contribution in [0.3, 0.4) is 0 Å². The Morgan fingerprint density at radius 1 is 0.865 bits per heavy atom. The summed E-state index contributed by atoms with van der Waals surface area (Å²) in [7, 11) is 0. The molecule has 180 valence electrons. The summed E-state index contributed by atoms with van der Waals surface area (Å²) in [5.41, 5.74) is 3.55. The molecule has 3 aromatic carbocycles. The van der Waals surface area contributed by atoms with Crippen LogP contribution in [-0.2, 0) is 6.42 Å². The Morgan fingerprint density at radius 3 is 2.30 bits per heavy atom. The second-order valence-electron chi connectivity index (χ2n) is 8.36. The van der Waals surface area contributed by atoms with Crippen molar-refractivity contribution in [3.63, 3.8) is 0 Å². The van der Waals surface area contributed by atoms with E-state index in [0.717, 1.165) is 33.7 Å². The summed E-state index contributed by atoms with van der Waals surface area (Å²) < 4.78 is 3.38. The van der Waals surface area contributed by atoms with Crippen molar-refractivity contribution in [3.05, 3.63) is 138 Å². The van der Waals surface area contributed by atoms with Crippen molar-refractivity contribution in [2.24, 2.45) is 0 Å². The second kappa shape index (κ2) is 9.57. The van der Waals surface area contributed by atoms with Crippen LogP contribution in [0.1, 0.15) is 16.8 Å². The molecule has 0 atom stereocenters. The first-order chi connectivity index (χ1) is 18.0. The fourth-order valence-electron chi connectivity index (χ4n) is 4.02. The number of thiazole rings is 1. The van der Waals surface area contributed by atoms with Gasteiger partial charge in [0.25, 0.3) is 11.1 Å². The molecule has 0 spiro atoms. The third kappa shape index (κ3) is 4.60. The SMILES string of the molecule is O=c1nc2s/c(=C\c3cn(-c4ccccc4)nc3-c3ccc(Cl)cc3)c(=O)n2nc1Cc1ccccc1. The maximum Gasteiger partial charge on any atom is 0.296 e. The van der Waals surface area contributed by atoms with Gasteiger partial charge in [0, 0.05) is 28.8 Å². The van der Waals surface area contributed by atoms with Crippen LogP contribution in [0.2, 0.25) is 5.02 Å². The molecule has 0 aliphatic rings. The van der Waals surface area contributed by atoms with E-state index >= 15 is 0 Å². The maximum absolute atomic E-state index is 13.3. The average Bonchev–Trinajstić information content (AvgIpc) is 3.47. The van der Waals surface area contributed by atoms with Gasteiger partial charge in [-0.1, -0.05) is 83.6 Å². The molecule has 6 rings (SSSR count). The van der Waals surface area contributed by atoms with Gasteiger partial charge in [0.1, 0.15) is 11.4 Å². The molecule has 9 heteroatoms. The minimum atomic E-state index is -0.435. The van der Waals surface area contributed by atoms with Gasteiger partial charge in [-0.15, -0.1) is 0 Å². The van der Waals surface area contributed by atoms with Gasteiger partial charge in [-0.3, -0.25) is 9.59 Å². The predicted octanol–water partition coefficient (Wildman–Crippen LogP) is 4.16. The molecule has 37 heavy (non-hydrogen) atoms. The van der Waals surface area contributed by atoms with E-state index in [4.69, 9.17) is 16.7 Å². The van der Waals surface area contributed by atoms with E-state index in [1.807, 2.05) is 79.0 Å². The zero-order valence-corrected chi connectivity index (χ0v) is 20.9. The van der Waals surface area contributed by atoms with E-state index in [0.29, 0.717) is 21.7 Å². The first kappa shape index (κ1) is 23.0. The lowest BCUT2D eigenvalue weighted by molar-refractivity contribution is 0.811. The van der Waals surface area contributed by atoms with Crippen LogP contribution in [0.5, 0.6) is 0 Å². The third-order valence-electron chi connectivity index (χ3n) is 5.83. The average molecular weight is 524 g/mol. The zero-order valence-electron chi connectivity index (χ0n) is 19.3. The summed E-state index contributed by atoms with van der Waals surface area (Å²) in [6, 6.07) is 26.6. The lowest BCUT2D eigenvalue weighted by Crippen LogP contribution is -2.28. The first-order valence-corrected chi connectivity index (χ1v) is 12.6. The van der Waals surface area contributed by atoms with E-state index in [1.54, 1.807) is 22.9 Å². The van der Waals surface area contributed by atoms with Crippen molar-refractivity contribution in [3.8, 4) is 16.9 Å². The topological polar surface area (TPSA) is 82.1 Å². The summed E-state index contributed by atoms with van der Waals surface area (Å²) in [6.45, 7) is 0. The Labute approximate surface area is 219 Å². The fraction of sp³-hybridized carbons (Fsp3) is 0.0357. The molecule has 3 heterocycles. The van der Waals surface area contributed by atoms with Gasteiger partial charge in [-0.2, -0.15) is 19.7 Å². The van der Waals surface area contributed by atoms with Crippen LogP contribution in [0.15, 0.2) is 101 Å². The van der Waals surface area contributed by atoms with Crippen molar-refractivity contribution in [2.75, 3.05) is 0 Å². The molecule has 0 bridgehead atoms. The molecular formula is C28H18ClN5O2S. The molecule has 0 unspecified atom stereocenters. The first-order valence-electron chi connectivity index (χ1n) is 11.4. The quantitative estimate of drug-likeness (QED) is 0.339. The monoisotopic (exact) mass is 523 g/mol. The van der Waals surface area contributed by atoms with Gasteiger partial charge in [0.15, 0.2) is 0 Å². The van der Waals surface area contributed by atoms with Crippen LogP contribution >= 0.6 is 22.9 Å². The highest BCUT2D eigenvalue weighted by atomic mass is 35.5. The van der Waals surface area contributed by atoms with Crippen molar-refractivity contribution in [1.82, 2.24) is 24.4 Å². The summed E-state index contributed by atoms with van der Waals surface area (Å²) in [4.78, 5) is 30.3. The van der Waals surface area contributed by atoms with Crippen LogP contribution < -0.4 is 15.7 Å². The number of aromatic nitrogens is 5. The van der Waals surface area contributed by atoms with Gasteiger partial charge in [0.05, 0.1) is 10.2 Å². The van der Waals surface area contributed by atoms with Gasteiger partial charge in [-0.25, -0.2) is 4.68 Å². The largest absolute Gasteiger partial charge is 0.296 e. The number of rotatable bonds is 5. The number of hydrogen-bond acceptors (Lipinski definition) is 6. The molecule has 0 aliphatic heterocycles. The van der Waals surface area contributed by atoms with Gasteiger partial charge >= 0.3 is 0 Å². The Kier molecular flexibility index (Phi) is 5.96. The van der Waals surface area contributed by atoms with Crippen molar-refractivity contribution in [1.29, 1.82) is 0 Å². The molecule has 0 saturated heterocycles. The number of fused-ring (bicyclic) bond motifs is 1. The second-order valence-corrected chi connectivity index (χ2v) is 9.80. The van der Waals surface area contributed by atoms with Crippen LogP contribution in [0.4, 0.5) is 0 Å². The number of hydrogen-bond donors (Lipinski definition) is 0. The minimum Gasteiger partial charge on any atom is -0.266 e. The molecule has 6 aromatic rings. The van der Waals surface area contributed by atoms with Crippen LogP contribution in [0, 0.1) is 0 Å². The number of halogens is 1. The zero-order chi connectivity index (χ0) is 25.4. The summed E-state index contributed by atoms with van der Waals surface area (Å²) in [5.74, 6) is 0. The Hall–Kier alpha value is -4.40. The molecule has 0 aliphatic carbocycles. The van der Waals surface area contributed by atoms with Crippen molar-refractivity contribution in [2.45, 2.75) is 6.42 Å². The normalized spacial score (nSPS) is 11.9. The van der Waals surface area contributed by atoms with Crippen LogP contribution in [-0.4, -0.2) is 24.4 Å². The van der Waals surface area contributed by atoms with Crippen molar-refractivity contribution < 1.29 is 0 Å².